The summed E-state index contributed by atoms with van der Waals surface area (Å²) >= 11 is 5.98. The smallest absolute Gasteiger partial charge is 0.319 e. The molecule has 0 saturated heterocycles. The van der Waals surface area contributed by atoms with Crippen molar-refractivity contribution in [3.63, 3.8) is 0 Å². The van der Waals surface area contributed by atoms with Crippen LogP contribution in [0, 0.1) is 0 Å². The highest BCUT2D eigenvalue weighted by Gasteiger charge is 2.04. The Kier molecular flexibility index (Phi) is 8.25. The Hall–Kier alpha value is -1.06. The molecule has 0 aliphatic heterocycles. The number of halogens is 1. The van der Waals surface area contributed by atoms with Gasteiger partial charge in [-0.1, -0.05) is 11.6 Å². The number of pyridine rings is 1. The lowest BCUT2D eigenvalue weighted by molar-refractivity contribution is 0.307. The summed E-state index contributed by atoms with van der Waals surface area (Å²) in [5.74, 6) is 1.09. The summed E-state index contributed by atoms with van der Waals surface area (Å²) in [4.78, 5) is 4.17. The Morgan fingerprint density at radius 1 is 1.20 bits per heavy atom. The molecule has 0 aliphatic carbocycles. The number of rotatable bonds is 11. The van der Waals surface area contributed by atoms with Crippen molar-refractivity contribution in [3.8, 4) is 5.75 Å². The van der Waals surface area contributed by atoms with Gasteiger partial charge < -0.3 is 10.1 Å². The number of unbranched alkanes of at least 4 members (excludes halogenated alkanes) is 2. The van der Waals surface area contributed by atoms with Crippen molar-refractivity contribution >= 4 is 42.3 Å². The summed E-state index contributed by atoms with van der Waals surface area (Å²) in [5, 5.41) is 5.76. The summed E-state index contributed by atoms with van der Waals surface area (Å²) < 4.78 is 35.4. The largest absolute Gasteiger partial charge is 0.491 e. The molecule has 0 saturated carbocycles. The molecule has 0 spiro atoms. The molecule has 2 rings (SSSR count). The van der Waals surface area contributed by atoms with Gasteiger partial charge in [0.15, 0.2) is 0 Å². The predicted molar refractivity (Wildman–Crippen MR) is 103 cm³/mol. The molecule has 1 heterocycles. The van der Waals surface area contributed by atoms with Gasteiger partial charge in [0.2, 0.25) is 0 Å². The van der Waals surface area contributed by atoms with E-state index in [9.17, 15) is 8.42 Å². The first-order valence-corrected chi connectivity index (χ1v) is 11.3. The fraction of sp³-hybridized carbons (Fsp3) is 0.438. The van der Waals surface area contributed by atoms with Crippen LogP contribution in [0.3, 0.4) is 0 Å². The van der Waals surface area contributed by atoms with Crippen LogP contribution in [0.25, 0.3) is 10.8 Å². The molecule has 2 N–H and O–H groups in total. The summed E-state index contributed by atoms with van der Waals surface area (Å²) in [5.41, 5.74) is 0. The topological polar surface area (TPSA) is 88.5 Å². The molecular weight excluding hydrogens is 384 g/mol. The zero-order valence-corrected chi connectivity index (χ0v) is 16.0. The highest BCUT2D eigenvalue weighted by atomic mass is 35.5. The molecule has 9 heteroatoms. The molecule has 0 bridgehead atoms. The van der Waals surface area contributed by atoms with Gasteiger partial charge in [-0.3, -0.25) is 9.54 Å². The van der Waals surface area contributed by atoms with Crippen molar-refractivity contribution in [1.82, 2.24) is 10.3 Å². The zero-order valence-electron chi connectivity index (χ0n) is 13.7. The highest BCUT2D eigenvalue weighted by Crippen LogP contribution is 2.26. The van der Waals surface area contributed by atoms with Gasteiger partial charge in [0, 0.05) is 34.3 Å². The Labute approximate surface area is 156 Å². The second kappa shape index (κ2) is 10.2. The molecule has 0 fully saturated rings. The molecular formula is C16H21ClN2O4S2. The number of ether oxygens (including phenoxy) is 1. The van der Waals surface area contributed by atoms with Crippen LogP contribution in [0.5, 0.6) is 5.75 Å². The van der Waals surface area contributed by atoms with Crippen molar-refractivity contribution in [2.24, 2.45) is 0 Å². The van der Waals surface area contributed by atoms with Crippen LogP contribution in [0.15, 0.2) is 30.6 Å². The van der Waals surface area contributed by atoms with E-state index in [0.29, 0.717) is 34.7 Å². The molecule has 6 nitrogen and oxygen atoms in total. The molecule has 0 aliphatic rings. The van der Waals surface area contributed by atoms with Crippen LogP contribution in [0.1, 0.15) is 19.3 Å². The molecule has 1 aromatic heterocycles. The van der Waals surface area contributed by atoms with Gasteiger partial charge in [-0.25, -0.2) is 0 Å². The van der Waals surface area contributed by atoms with Crippen molar-refractivity contribution in [3.05, 3.63) is 35.6 Å². The lowest BCUT2D eigenvalue weighted by Crippen LogP contribution is -2.19. The van der Waals surface area contributed by atoms with Crippen LogP contribution in [-0.2, 0) is 9.15 Å². The fourth-order valence-corrected chi connectivity index (χ4v) is 3.79. The van der Waals surface area contributed by atoms with Crippen molar-refractivity contribution < 1.29 is 17.7 Å². The monoisotopic (exact) mass is 404 g/mol. The van der Waals surface area contributed by atoms with Gasteiger partial charge in [-0.15, -0.1) is 0 Å². The minimum absolute atomic E-state index is 0.333. The average Bonchev–Trinajstić information content (AvgIpc) is 2.55. The molecule has 1 aromatic carbocycles. The van der Waals surface area contributed by atoms with Crippen molar-refractivity contribution in [2.45, 2.75) is 19.3 Å². The van der Waals surface area contributed by atoms with E-state index in [1.165, 1.54) is 0 Å². The molecule has 25 heavy (non-hydrogen) atoms. The summed E-state index contributed by atoms with van der Waals surface area (Å²) in [6.07, 6.45) is 6.38. The van der Waals surface area contributed by atoms with Crippen LogP contribution in [0.2, 0.25) is 5.02 Å². The number of nitrogens with zero attached hydrogens (tertiary/aromatic N) is 1. The van der Waals surface area contributed by atoms with Crippen molar-refractivity contribution in [2.75, 3.05) is 25.4 Å². The first-order chi connectivity index (χ1) is 12.0. The third-order valence-electron chi connectivity index (χ3n) is 3.45. The normalized spacial score (nSPS) is 11.8. The fourth-order valence-electron chi connectivity index (χ4n) is 2.29. The summed E-state index contributed by atoms with van der Waals surface area (Å²) in [7, 11) is -3.39. The molecule has 0 amide bonds. The third kappa shape index (κ3) is 7.79. The second-order valence-electron chi connectivity index (χ2n) is 5.41. The molecule has 138 valence electrons. The van der Waals surface area contributed by atoms with E-state index in [-0.39, 0.29) is 0 Å². The van der Waals surface area contributed by atoms with Gasteiger partial charge >= 0.3 is 9.15 Å². The minimum Gasteiger partial charge on any atom is -0.491 e. The average molecular weight is 405 g/mol. The first-order valence-electron chi connectivity index (χ1n) is 7.94. The Morgan fingerprint density at radius 3 is 2.84 bits per heavy atom. The number of aromatic nitrogens is 1. The molecule has 0 unspecified atom stereocenters. The van der Waals surface area contributed by atoms with E-state index in [1.807, 2.05) is 18.2 Å². The SMILES string of the molecule is O=S(=O)(O)SCCNCCCCCOc1cncc2cc(Cl)ccc12. The number of nitrogens with one attached hydrogen (secondary N) is 1. The second-order valence-corrected chi connectivity index (χ2v) is 9.32. The van der Waals surface area contributed by atoms with E-state index in [1.54, 1.807) is 12.4 Å². The number of hydrogen-bond acceptors (Lipinski definition) is 6. The summed E-state index contributed by atoms with van der Waals surface area (Å²) in [6.45, 7) is 1.97. The Morgan fingerprint density at radius 2 is 2.04 bits per heavy atom. The van der Waals surface area contributed by atoms with Crippen LogP contribution in [-0.4, -0.2) is 43.4 Å². The lowest BCUT2D eigenvalue weighted by atomic mass is 10.1. The third-order valence-corrected chi connectivity index (χ3v) is 5.75. The molecule has 0 radical (unpaired) electrons. The van der Waals surface area contributed by atoms with Crippen molar-refractivity contribution in [1.29, 1.82) is 0 Å². The standard InChI is InChI=1S/C16H21ClN2O4S2/c17-14-4-5-15-13(10-14)11-19-12-16(15)23-8-3-1-2-6-18-7-9-24-25(20,21)22/h4-5,10-12,18H,1-3,6-9H2,(H,20,21,22). The van der Waals surface area contributed by atoms with Crippen LogP contribution < -0.4 is 10.1 Å². The predicted octanol–water partition coefficient (Wildman–Crippen LogP) is 3.56. The zero-order chi connectivity index (χ0) is 18.1. The van der Waals surface area contributed by atoms with E-state index in [2.05, 4.69) is 10.3 Å². The van der Waals surface area contributed by atoms with Gasteiger partial charge in [-0.05, 0) is 54.8 Å². The number of fused-ring (bicyclic) bond motifs is 1. The molecule has 0 atom stereocenters. The van der Waals surface area contributed by atoms with E-state index >= 15 is 0 Å². The highest BCUT2D eigenvalue weighted by molar-refractivity contribution is 8.69. The van der Waals surface area contributed by atoms with Gasteiger partial charge in [0.05, 0.1) is 12.8 Å². The number of benzene rings is 1. The first kappa shape index (κ1) is 20.3. The number of hydrogen-bond donors (Lipinski definition) is 2. The maximum atomic E-state index is 10.5. The molecule has 2 aromatic rings. The van der Waals surface area contributed by atoms with E-state index < -0.39 is 9.15 Å². The minimum atomic E-state index is -3.93. The summed E-state index contributed by atoms with van der Waals surface area (Å²) in [6, 6.07) is 5.63. The Bertz CT molecular complexity index is 787. The van der Waals surface area contributed by atoms with Gasteiger partial charge in [0.1, 0.15) is 5.75 Å². The Balaban J connectivity index is 1.59. The lowest BCUT2D eigenvalue weighted by Gasteiger charge is -2.09. The van der Waals surface area contributed by atoms with E-state index in [0.717, 1.165) is 42.3 Å². The van der Waals surface area contributed by atoms with Gasteiger partial charge in [-0.2, -0.15) is 8.42 Å². The van der Waals surface area contributed by atoms with Crippen LogP contribution in [0.4, 0.5) is 0 Å². The van der Waals surface area contributed by atoms with Crippen LogP contribution >= 0.6 is 22.4 Å². The quantitative estimate of drug-likeness (QED) is 0.336. The van der Waals surface area contributed by atoms with E-state index in [4.69, 9.17) is 20.9 Å². The maximum absolute atomic E-state index is 10.5. The maximum Gasteiger partial charge on any atom is 0.319 e. The van der Waals surface area contributed by atoms with Gasteiger partial charge in [0.25, 0.3) is 0 Å².